The van der Waals surface area contributed by atoms with E-state index >= 15 is 0 Å². The molecule has 3 rings (SSSR count). The van der Waals surface area contributed by atoms with Crippen molar-refractivity contribution in [3.05, 3.63) is 41.6 Å². The number of aromatic nitrogens is 2. The van der Waals surface area contributed by atoms with Gasteiger partial charge in [0.1, 0.15) is 0 Å². The quantitative estimate of drug-likeness (QED) is 0.676. The van der Waals surface area contributed by atoms with Crippen molar-refractivity contribution in [1.29, 1.82) is 0 Å². The molecule has 1 heterocycles. The fourth-order valence-corrected chi connectivity index (χ4v) is 3.01. The lowest BCUT2D eigenvalue weighted by atomic mass is 9.85. The predicted octanol–water partition coefficient (Wildman–Crippen LogP) is 1.91. The number of ether oxygens (including phenoxy) is 1. The number of nitrogens with two attached hydrogens (primary N) is 1. The van der Waals surface area contributed by atoms with Crippen molar-refractivity contribution in [2.24, 2.45) is 17.8 Å². The lowest BCUT2D eigenvalue weighted by molar-refractivity contribution is 0.388. The first-order chi connectivity index (χ1) is 10.2. The van der Waals surface area contributed by atoms with E-state index in [1.54, 1.807) is 7.11 Å². The van der Waals surface area contributed by atoms with Gasteiger partial charge in [-0.15, -0.1) is 0 Å². The summed E-state index contributed by atoms with van der Waals surface area (Å²) < 4.78 is 6.87. The Labute approximate surface area is 124 Å². The van der Waals surface area contributed by atoms with Crippen molar-refractivity contribution in [3.8, 4) is 11.3 Å². The highest BCUT2D eigenvalue weighted by Crippen LogP contribution is 2.32. The topological polar surface area (TPSA) is 65.4 Å². The van der Waals surface area contributed by atoms with E-state index in [0.29, 0.717) is 0 Å². The van der Waals surface area contributed by atoms with Crippen molar-refractivity contribution in [2.75, 3.05) is 7.11 Å². The van der Waals surface area contributed by atoms with Gasteiger partial charge in [0.25, 0.3) is 6.02 Å². The summed E-state index contributed by atoms with van der Waals surface area (Å²) in [6.45, 7) is 0. The Balaban J connectivity index is 1.94. The highest BCUT2D eigenvalue weighted by molar-refractivity contribution is 5.71. The minimum atomic E-state index is 0.208. The highest BCUT2D eigenvalue weighted by Gasteiger charge is 2.21. The molecular formula is C16H20N4O. The molecule has 2 N–H and O–H groups in total. The number of hydrogen-bond acceptors (Lipinski definition) is 3. The van der Waals surface area contributed by atoms with Gasteiger partial charge >= 0.3 is 0 Å². The molecule has 21 heavy (non-hydrogen) atoms. The standard InChI is InChI=1S/C16H20N4O/c1-20-15(8-9-18-20)14-5-3-4-11-10-12(6-7-13(11)14)19-16(17)21-2/h3-5,8-9,12H,6-7,10H2,1-2H3,(H2,17,19). The van der Waals surface area contributed by atoms with Gasteiger partial charge < -0.3 is 10.5 Å². The molecule has 0 bridgehead atoms. The molecule has 110 valence electrons. The summed E-state index contributed by atoms with van der Waals surface area (Å²) in [5.74, 6) is 0. The zero-order chi connectivity index (χ0) is 14.8. The lowest BCUT2D eigenvalue weighted by Gasteiger charge is -2.24. The predicted molar refractivity (Wildman–Crippen MR) is 83.1 cm³/mol. The first kappa shape index (κ1) is 13.7. The van der Waals surface area contributed by atoms with Gasteiger partial charge in [0, 0.05) is 18.8 Å². The number of aryl methyl sites for hydroxylation is 1. The van der Waals surface area contributed by atoms with Crippen molar-refractivity contribution in [2.45, 2.75) is 25.3 Å². The first-order valence-corrected chi connectivity index (χ1v) is 7.15. The number of amidine groups is 1. The Bertz CT molecular complexity index is 675. The third-order valence-corrected chi connectivity index (χ3v) is 4.07. The summed E-state index contributed by atoms with van der Waals surface area (Å²) in [5, 5.41) is 4.27. The van der Waals surface area contributed by atoms with Crippen LogP contribution in [-0.4, -0.2) is 29.0 Å². The van der Waals surface area contributed by atoms with Crippen LogP contribution in [0.15, 0.2) is 35.5 Å². The van der Waals surface area contributed by atoms with E-state index < -0.39 is 0 Å². The number of rotatable bonds is 2. The van der Waals surface area contributed by atoms with Crippen LogP contribution in [0, 0.1) is 0 Å². The number of benzene rings is 1. The van der Waals surface area contributed by atoms with E-state index in [0.717, 1.165) is 25.0 Å². The molecule has 1 aliphatic carbocycles. The number of hydrogen-bond donors (Lipinski definition) is 1. The van der Waals surface area contributed by atoms with E-state index in [2.05, 4.69) is 34.4 Å². The van der Waals surface area contributed by atoms with E-state index in [1.165, 1.54) is 16.7 Å². The molecule has 0 spiro atoms. The van der Waals surface area contributed by atoms with Crippen LogP contribution in [0.2, 0.25) is 0 Å². The number of fused-ring (bicyclic) bond motifs is 1. The van der Waals surface area contributed by atoms with Crippen LogP contribution in [0.1, 0.15) is 17.5 Å². The second kappa shape index (κ2) is 5.60. The van der Waals surface area contributed by atoms with E-state index in [1.807, 2.05) is 17.9 Å². The highest BCUT2D eigenvalue weighted by atomic mass is 16.5. The van der Waals surface area contributed by atoms with Crippen LogP contribution in [0.25, 0.3) is 11.3 Å². The van der Waals surface area contributed by atoms with Crippen LogP contribution in [0.4, 0.5) is 0 Å². The molecule has 1 unspecified atom stereocenters. The second-order valence-electron chi connectivity index (χ2n) is 5.35. The van der Waals surface area contributed by atoms with Crippen LogP contribution >= 0.6 is 0 Å². The van der Waals surface area contributed by atoms with Crippen molar-refractivity contribution in [3.63, 3.8) is 0 Å². The van der Waals surface area contributed by atoms with Crippen molar-refractivity contribution < 1.29 is 4.74 Å². The van der Waals surface area contributed by atoms with Crippen LogP contribution < -0.4 is 5.73 Å². The number of methoxy groups -OCH3 is 1. The fraction of sp³-hybridized carbons (Fsp3) is 0.375. The molecule has 0 amide bonds. The Morgan fingerprint density at radius 1 is 1.43 bits per heavy atom. The maximum absolute atomic E-state index is 5.67. The van der Waals surface area contributed by atoms with Gasteiger partial charge in [0.05, 0.1) is 18.8 Å². The average Bonchev–Trinajstić information content (AvgIpc) is 2.92. The molecule has 0 saturated carbocycles. The van der Waals surface area contributed by atoms with Crippen molar-refractivity contribution in [1.82, 2.24) is 9.78 Å². The Kier molecular flexibility index (Phi) is 3.64. The zero-order valence-electron chi connectivity index (χ0n) is 12.4. The first-order valence-electron chi connectivity index (χ1n) is 7.15. The largest absolute Gasteiger partial charge is 0.469 e. The summed E-state index contributed by atoms with van der Waals surface area (Å²) in [6, 6.07) is 8.99. The molecule has 0 saturated heterocycles. The van der Waals surface area contributed by atoms with Crippen LogP contribution in [0.5, 0.6) is 0 Å². The number of nitrogens with zero attached hydrogens (tertiary/aromatic N) is 3. The van der Waals surface area contributed by atoms with E-state index in [-0.39, 0.29) is 12.1 Å². The third-order valence-electron chi connectivity index (χ3n) is 4.07. The minimum Gasteiger partial charge on any atom is -0.469 e. The summed E-state index contributed by atoms with van der Waals surface area (Å²) in [4.78, 5) is 4.42. The van der Waals surface area contributed by atoms with Crippen LogP contribution in [-0.2, 0) is 24.6 Å². The third kappa shape index (κ3) is 2.63. The lowest BCUT2D eigenvalue weighted by Crippen LogP contribution is -2.23. The summed E-state index contributed by atoms with van der Waals surface area (Å²) in [5.41, 5.74) is 10.8. The molecule has 0 radical (unpaired) electrons. The molecule has 5 nitrogen and oxygen atoms in total. The second-order valence-corrected chi connectivity index (χ2v) is 5.35. The summed E-state index contributed by atoms with van der Waals surface area (Å²) >= 11 is 0. The molecule has 1 aliphatic rings. The molecule has 1 aromatic heterocycles. The fourth-order valence-electron chi connectivity index (χ4n) is 3.01. The molecule has 1 aromatic carbocycles. The van der Waals surface area contributed by atoms with Gasteiger partial charge in [-0.1, -0.05) is 18.2 Å². The van der Waals surface area contributed by atoms with E-state index in [4.69, 9.17) is 10.5 Å². The maximum Gasteiger partial charge on any atom is 0.281 e. The van der Waals surface area contributed by atoms with E-state index in [9.17, 15) is 0 Å². The SMILES string of the molecule is COC(N)=NC1CCc2c(cccc2-c2ccnn2C)C1. The Morgan fingerprint density at radius 3 is 3.00 bits per heavy atom. The summed E-state index contributed by atoms with van der Waals surface area (Å²) in [7, 11) is 3.53. The Morgan fingerprint density at radius 2 is 2.29 bits per heavy atom. The van der Waals surface area contributed by atoms with Gasteiger partial charge in [0.15, 0.2) is 0 Å². The Hall–Kier alpha value is -2.30. The smallest absolute Gasteiger partial charge is 0.281 e. The molecule has 0 fully saturated rings. The normalized spacial score (nSPS) is 18.4. The monoisotopic (exact) mass is 284 g/mol. The minimum absolute atomic E-state index is 0.208. The molecule has 1 atom stereocenters. The molecular weight excluding hydrogens is 264 g/mol. The number of aliphatic imine (C=N–C) groups is 1. The van der Waals surface area contributed by atoms with Gasteiger partial charge in [0.2, 0.25) is 0 Å². The van der Waals surface area contributed by atoms with Crippen LogP contribution in [0.3, 0.4) is 0 Å². The zero-order valence-corrected chi connectivity index (χ0v) is 12.4. The van der Waals surface area contributed by atoms with Gasteiger partial charge in [-0.3, -0.25) is 4.68 Å². The molecule has 5 heteroatoms. The van der Waals surface area contributed by atoms with Gasteiger partial charge in [-0.05, 0) is 36.5 Å². The maximum atomic E-state index is 5.67. The van der Waals surface area contributed by atoms with Gasteiger partial charge in [-0.25, -0.2) is 4.99 Å². The molecule has 0 aliphatic heterocycles. The average molecular weight is 284 g/mol. The van der Waals surface area contributed by atoms with Crippen molar-refractivity contribution >= 4 is 6.02 Å². The van der Waals surface area contributed by atoms with Gasteiger partial charge in [-0.2, -0.15) is 5.10 Å². The molecule has 2 aromatic rings. The summed E-state index contributed by atoms with van der Waals surface area (Å²) in [6.07, 6.45) is 4.74.